The molecule has 2 unspecified atom stereocenters. The van der Waals surface area contributed by atoms with E-state index in [1.165, 1.54) is 11.3 Å². The second kappa shape index (κ2) is 8.44. The Labute approximate surface area is 167 Å². The number of carbonyl (C=O) groups excluding carboxylic acids is 1. The summed E-state index contributed by atoms with van der Waals surface area (Å²) in [6.45, 7) is 6.27. The monoisotopic (exact) mass is 388 g/mol. The van der Waals surface area contributed by atoms with Gasteiger partial charge in [-0.1, -0.05) is 26.0 Å². The fourth-order valence-electron chi connectivity index (χ4n) is 4.17. The van der Waals surface area contributed by atoms with Crippen LogP contribution in [-0.2, 0) is 19.3 Å². The minimum Gasteiger partial charge on any atom is -0.348 e. The van der Waals surface area contributed by atoms with Gasteiger partial charge in [0.1, 0.15) is 0 Å². The second-order valence-electron chi connectivity index (χ2n) is 7.61. The van der Waals surface area contributed by atoms with Gasteiger partial charge in [0.25, 0.3) is 5.91 Å². The van der Waals surface area contributed by atoms with E-state index in [1.54, 1.807) is 0 Å². The molecular weight excluding hydrogens is 360 g/mol. The highest BCUT2D eigenvalue weighted by molar-refractivity contribution is 5.94. The fraction of sp³-hybridized carbons (Fsp3) is 0.524. The van der Waals surface area contributed by atoms with Gasteiger partial charge in [0.05, 0.1) is 5.69 Å². The molecule has 1 aromatic carbocycles. The molecular formula is C21H29ClN4O. The molecule has 2 aromatic rings. The van der Waals surface area contributed by atoms with Crippen LogP contribution in [0.2, 0.25) is 0 Å². The van der Waals surface area contributed by atoms with Crippen LogP contribution in [0.25, 0.3) is 5.69 Å². The minimum atomic E-state index is -0.00849. The molecule has 1 fully saturated rings. The zero-order chi connectivity index (χ0) is 18.1. The van der Waals surface area contributed by atoms with Crippen LogP contribution in [0, 0.1) is 5.92 Å². The molecule has 0 spiro atoms. The zero-order valence-corrected chi connectivity index (χ0v) is 16.9. The number of hydrogen-bond donors (Lipinski definition) is 2. The Kier molecular flexibility index (Phi) is 6.22. The molecule has 1 saturated heterocycles. The molecule has 2 N–H and O–H groups in total. The predicted octanol–water partition coefficient (Wildman–Crippen LogP) is 3.07. The highest BCUT2D eigenvalue weighted by atomic mass is 35.5. The van der Waals surface area contributed by atoms with Crippen molar-refractivity contribution in [3.05, 3.63) is 46.8 Å². The Morgan fingerprint density at radius 1 is 1.30 bits per heavy atom. The van der Waals surface area contributed by atoms with Crippen molar-refractivity contribution in [3.63, 3.8) is 0 Å². The first kappa shape index (κ1) is 19.9. The maximum Gasteiger partial charge on any atom is 0.272 e. The number of hydrogen-bond acceptors (Lipinski definition) is 3. The summed E-state index contributed by atoms with van der Waals surface area (Å²) in [4.78, 5) is 13.0. The van der Waals surface area contributed by atoms with E-state index in [-0.39, 0.29) is 24.4 Å². The number of fused-ring (bicyclic) bond motifs is 1. The third-order valence-electron chi connectivity index (χ3n) is 5.84. The maximum absolute atomic E-state index is 13.0. The quantitative estimate of drug-likeness (QED) is 0.846. The molecule has 2 heterocycles. The summed E-state index contributed by atoms with van der Waals surface area (Å²) >= 11 is 0. The van der Waals surface area contributed by atoms with Crippen LogP contribution >= 0.6 is 12.4 Å². The van der Waals surface area contributed by atoms with Gasteiger partial charge in [-0.2, -0.15) is 5.10 Å². The normalized spacial score (nSPS) is 21.4. The molecule has 0 saturated carbocycles. The molecule has 2 aliphatic rings. The lowest BCUT2D eigenvalue weighted by Crippen LogP contribution is -2.48. The number of amides is 1. The van der Waals surface area contributed by atoms with Gasteiger partial charge in [-0.05, 0) is 68.8 Å². The fourth-order valence-corrected chi connectivity index (χ4v) is 4.17. The molecule has 146 valence electrons. The number of piperidine rings is 1. The summed E-state index contributed by atoms with van der Waals surface area (Å²) in [6.07, 6.45) is 5.06. The average molecular weight is 389 g/mol. The summed E-state index contributed by atoms with van der Waals surface area (Å²) in [5.41, 5.74) is 5.34. The molecule has 27 heavy (non-hydrogen) atoms. The van der Waals surface area contributed by atoms with Crippen molar-refractivity contribution in [2.24, 2.45) is 5.92 Å². The van der Waals surface area contributed by atoms with Gasteiger partial charge in [-0.25, -0.2) is 4.68 Å². The topological polar surface area (TPSA) is 59.0 Å². The Morgan fingerprint density at radius 3 is 2.78 bits per heavy atom. The highest BCUT2D eigenvalue weighted by Crippen LogP contribution is 2.28. The van der Waals surface area contributed by atoms with Crippen molar-refractivity contribution in [1.82, 2.24) is 20.4 Å². The van der Waals surface area contributed by atoms with Crippen molar-refractivity contribution in [2.75, 3.05) is 13.1 Å². The first-order valence-electron chi connectivity index (χ1n) is 9.89. The molecule has 2 atom stereocenters. The van der Waals surface area contributed by atoms with E-state index < -0.39 is 0 Å². The Morgan fingerprint density at radius 2 is 2.07 bits per heavy atom. The maximum atomic E-state index is 13.0. The summed E-state index contributed by atoms with van der Waals surface area (Å²) in [7, 11) is 0. The third-order valence-corrected chi connectivity index (χ3v) is 5.84. The van der Waals surface area contributed by atoms with Crippen LogP contribution in [0.15, 0.2) is 24.3 Å². The zero-order valence-electron chi connectivity index (χ0n) is 16.1. The summed E-state index contributed by atoms with van der Waals surface area (Å²) in [6, 6.07) is 8.75. The molecule has 4 rings (SSSR count). The van der Waals surface area contributed by atoms with Gasteiger partial charge in [0.15, 0.2) is 5.69 Å². The third kappa shape index (κ3) is 3.90. The van der Waals surface area contributed by atoms with Crippen LogP contribution in [0.1, 0.15) is 54.0 Å². The van der Waals surface area contributed by atoms with Crippen LogP contribution in [0.5, 0.6) is 0 Å². The Balaban J connectivity index is 0.00000210. The molecule has 1 aliphatic heterocycles. The Hall–Kier alpha value is -1.85. The van der Waals surface area contributed by atoms with E-state index in [4.69, 9.17) is 5.10 Å². The standard InChI is InChI=1S/C21H28N4O.ClH/c1-3-15-7-9-16(10-8-15)25-19-6-4-5-17(19)20(24-25)21(26)23-18-11-12-22-13-14(18)2;/h7-10,14,18,22H,3-6,11-13H2,1-2H3,(H,23,26);1H. The van der Waals surface area contributed by atoms with Crippen molar-refractivity contribution >= 4 is 18.3 Å². The van der Waals surface area contributed by atoms with Crippen molar-refractivity contribution < 1.29 is 4.79 Å². The first-order valence-corrected chi connectivity index (χ1v) is 9.89. The van der Waals surface area contributed by atoms with E-state index in [2.05, 4.69) is 48.7 Å². The van der Waals surface area contributed by atoms with Crippen molar-refractivity contribution in [1.29, 1.82) is 0 Å². The number of aromatic nitrogens is 2. The summed E-state index contributed by atoms with van der Waals surface area (Å²) < 4.78 is 1.99. The minimum absolute atomic E-state index is 0. The summed E-state index contributed by atoms with van der Waals surface area (Å²) in [5.74, 6) is 0.440. The van der Waals surface area contributed by atoms with E-state index in [9.17, 15) is 4.79 Å². The number of benzene rings is 1. The van der Waals surface area contributed by atoms with Gasteiger partial charge < -0.3 is 10.6 Å². The van der Waals surface area contributed by atoms with Crippen molar-refractivity contribution in [2.45, 2.75) is 52.0 Å². The first-order chi connectivity index (χ1) is 12.7. The lowest BCUT2D eigenvalue weighted by molar-refractivity contribution is 0.0907. The number of halogens is 1. The smallest absolute Gasteiger partial charge is 0.272 e. The van der Waals surface area contributed by atoms with E-state index in [0.717, 1.165) is 56.4 Å². The van der Waals surface area contributed by atoms with E-state index in [1.807, 2.05) is 4.68 Å². The number of nitrogens with one attached hydrogen (secondary N) is 2. The largest absolute Gasteiger partial charge is 0.348 e. The average Bonchev–Trinajstić information content (AvgIpc) is 3.26. The molecule has 6 heteroatoms. The van der Waals surface area contributed by atoms with E-state index in [0.29, 0.717) is 11.6 Å². The highest BCUT2D eigenvalue weighted by Gasteiger charge is 2.29. The van der Waals surface area contributed by atoms with Gasteiger partial charge in [-0.3, -0.25) is 4.79 Å². The van der Waals surface area contributed by atoms with Gasteiger partial charge >= 0.3 is 0 Å². The lowest BCUT2D eigenvalue weighted by Gasteiger charge is -2.30. The number of rotatable bonds is 4. The number of nitrogens with zero attached hydrogens (tertiary/aromatic N) is 2. The van der Waals surface area contributed by atoms with E-state index >= 15 is 0 Å². The van der Waals surface area contributed by atoms with Crippen LogP contribution in [0.4, 0.5) is 0 Å². The summed E-state index contributed by atoms with van der Waals surface area (Å²) in [5, 5.41) is 11.4. The molecule has 1 aliphatic carbocycles. The predicted molar refractivity (Wildman–Crippen MR) is 110 cm³/mol. The van der Waals surface area contributed by atoms with Gasteiger partial charge in [0.2, 0.25) is 0 Å². The number of aryl methyl sites for hydroxylation is 1. The lowest BCUT2D eigenvalue weighted by atomic mass is 9.95. The molecule has 5 nitrogen and oxygen atoms in total. The molecule has 1 amide bonds. The molecule has 0 radical (unpaired) electrons. The number of carbonyl (C=O) groups is 1. The second-order valence-corrected chi connectivity index (χ2v) is 7.61. The van der Waals surface area contributed by atoms with Crippen molar-refractivity contribution in [3.8, 4) is 5.69 Å². The molecule has 1 aromatic heterocycles. The van der Waals surface area contributed by atoms with Gasteiger partial charge in [-0.15, -0.1) is 12.4 Å². The van der Waals surface area contributed by atoms with Crippen LogP contribution < -0.4 is 10.6 Å². The Bertz CT molecular complexity index is 799. The van der Waals surface area contributed by atoms with Crippen LogP contribution in [0.3, 0.4) is 0 Å². The van der Waals surface area contributed by atoms with Crippen LogP contribution in [-0.4, -0.2) is 34.8 Å². The van der Waals surface area contributed by atoms with Gasteiger partial charge in [0, 0.05) is 17.3 Å². The molecule has 0 bridgehead atoms. The SMILES string of the molecule is CCc1ccc(-n2nc(C(=O)NC3CCNCC3C)c3c2CCC3)cc1.Cl.